The molecule has 3 N–H and O–H groups in total. The second kappa shape index (κ2) is 7.32. The lowest BCUT2D eigenvalue weighted by Gasteiger charge is -2.15. The quantitative estimate of drug-likeness (QED) is 0.707. The number of nitrogens with one attached hydrogen (secondary N) is 3. The van der Waals surface area contributed by atoms with Crippen molar-refractivity contribution in [1.29, 1.82) is 0 Å². The van der Waals surface area contributed by atoms with Gasteiger partial charge in [0.15, 0.2) is 0 Å². The number of halogens is 1. The molecule has 0 bridgehead atoms. The summed E-state index contributed by atoms with van der Waals surface area (Å²) in [4.78, 5) is 23.0. The third-order valence-electron chi connectivity index (χ3n) is 2.52. The average Bonchev–Trinajstić information content (AvgIpc) is 2.34. The van der Waals surface area contributed by atoms with Crippen molar-refractivity contribution in [2.75, 3.05) is 11.9 Å². The van der Waals surface area contributed by atoms with E-state index in [1.165, 1.54) is 5.56 Å². The number of amides is 3. The minimum atomic E-state index is -0.485. The van der Waals surface area contributed by atoms with Crippen LogP contribution in [0.1, 0.15) is 19.4 Å². The highest BCUT2D eigenvalue weighted by molar-refractivity contribution is 14.1. The molecule has 0 heterocycles. The predicted octanol–water partition coefficient (Wildman–Crippen LogP) is 2.25. The van der Waals surface area contributed by atoms with Gasteiger partial charge in [0, 0.05) is 15.8 Å². The van der Waals surface area contributed by atoms with Crippen LogP contribution in [0, 0.1) is 10.5 Å². The number of hydrogen-bond donors (Lipinski definition) is 3. The van der Waals surface area contributed by atoms with Crippen LogP contribution in [0.15, 0.2) is 18.2 Å². The normalized spacial score (nSPS) is 11.6. The van der Waals surface area contributed by atoms with E-state index in [1.807, 2.05) is 25.1 Å². The van der Waals surface area contributed by atoms with Gasteiger partial charge in [-0.3, -0.25) is 10.1 Å². The molecule has 19 heavy (non-hydrogen) atoms. The number of benzene rings is 1. The second-order valence-electron chi connectivity index (χ2n) is 4.18. The molecule has 0 aromatic heterocycles. The van der Waals surface area contributed by atoms with Crippen LogP contribution in [0.2, 0.25) is 0 Å². The zero-order valence-corrected chi connectivity index (χ0v) is 13.4. The number of carbonyl (C=O) groups excluding carboxylic acids is 2. The summed E-state index contributed by atoms with van der Waals surface area (Å²) in [6, 6.07) is 4.90. The Morgan fingerprint density at radius 3 is 2.63 bits per heavy atom. The molecular weight excluding hydrogens is 357 g/mol. The first-order valence-electron chi connectivity index (χ1n) is 6.05. The molecule has 5 nitrogen and oxygen atoms in total. The fourth-order valence-corrected chi connectivity index (χ4v) is 1.94. The Kier molecular flexibility index (Phi) is 6.07. The first kappa shape index (κ1) is 15.7. The molecule has 1 aromatic rings. The molecule has 0 aliphatic carbocycles. The van der Waals surface area contributed by atoms with E-state index < -0.39 is 12.1 Å². The van der Waals surface area contributed by atoms with E-state index in [4.69, 9.17) is 0 Å². The number of urea groups is 1. The predicted molar refractivity (Wildman–Crippen MR) is 84.2 cm³/mol. The second-order valence-corrected chi connectivity index (χ2v) is 5.34. The largest absolute Gasteiger partial charge is 0.374 e. The molecule has 0 saturated heterocycles. The number of anilines is 1. The molecule has 3 amide bonds. The minimum Gasteiger partial charge on any atom is -0.374 e. The molecule has 0 aliphatic heterocycles. The number of carbonyl (C=O) groups is 2. The SMILES string of the molecule is CCNC(=O)NC(=O)[C@H](C)Nc1ccc(C)c(I)c1. The highest BCUT2D eigenvalue weighted by atomic mass is 127. The number of hydrogen-bond acceptors (Lipinski definition) is 3. The van der Waals surface area contributed by atoms with Gasteiger partial charge in [-0.15, -0.1) is 0 Å². The molecule has 104 valence electrons. The van der Waals surface area contributed by atoms with E-state index in [1.54, 1.807) is 13.8 Å². The summed E-state index contributed by atoms with van der Waals surface area (Å²) >= 11 is 2.24. The molecule has 0 saturated carbocycles. The fourth-order valence-electron chi connectivity index (χ4n) is 1.42. The van der Waals surface area contributed by atoms with Crippen molar-refractivity contribution >= 4 is 40.2 Å². The molecule has 0 fully saturated rings. The van der Waals surface area contributed by atoms with Gasteiger partial charge in [0.25, 0.3) is 0 Å². The summed E-state index contributed by atoms with van der Waals surface area (Å²) < 4.78 is 1.12. The Morgan fingerprint density at radius 1 is 1.37 bits per heavy atom. The molecule has 1 rings (SSSR count). The molecule has 1 aromatic carbocycles. The Labute approximate surface area is 126 Å². The standard InChI is InChI=1S/C13H18IN3O2/c1-4-15-13(19)17-12(18)9(3)16-10-6-5-8(2)11(14)7-10/h5-7,9,16H,4H2,1-3H3,(H2,15,17,18,19)/t9-/m0/s1. The van der Waals surface area contributed by atoms with Crippen LogP contribution in [-0.2, 0) is 4.79 Å². The minimum absolute atomic E-state index is 0.360. The van der Waals surface area contributed by atoms with Gasteiger partial charge in [0.1, 0.15) is 6.04 Å². The van der Waals surface area contributed by atoms with E-state index in [0.717, 1.165) is 9.26 Å². The molecule has 6 heteroatoms. The summed E-state index contributed by atoms with van der Waals surface area (Å²) in [5.74, 6) is -0.360. The average molecular weight is 375 g/mol. The topological polar surface area (TPSA) is 70.2 Å². The van der Waals surface area contributed by atoms with Crippen LogP contribution < -0.4 is 16.0 Å². The Bertz CT molecular complexity index is 477. The number of imide groups is 1. The van der Waals surface area contributed by atoms with Gasteiger partial charge in [0.05, 0.1) is 0 Å². The van der Waals surface area contributed by atoms with Crippen LogP contribution in [0.5, 0.6) is 0 Å². The van der Waals surface area contributed by atoms with Crippen LogP contribution >= 0.6 is 22.6 Å². The lowest BCUT2D eigenvalue weighted by Crippen LogP contribution is -2.45. The fraction of sp³-hybridized carbons (Fsp3) is 0.385. The van der Waals surface area contributed by atoms with E-state index in [-0.39, 0.29) is 5.91 Å². The van der Waals surface area contributed by atoms with Gasteiger partial charge in [-0.1, -0.05) is 6.07 Å². The molecular formula is C13H18IN3O2. The summed E-state index contributed by atoms with van der Waals surface area (Å²) in [5.41, 5.74) is 2.04. The van der Waals surface area contributed by atoms with E-state index in [9.17, 15) is 9.59 Å². The maximum atomic E-state index is 11.7. The lowest BCUT2D eigenvalue weighted by molar-refractivity contribution is -0.120. The highest BCUT2D eigenvalue weighted by Crippen LogP contribution is 2.17. The van der Waals surface area contributed by atoms with Crippen molar-refractivity contribution in [3.8, 4) is 0 Å². The Balaban J connectivity index is 2.58. The number of aryl methyl sites for hydroxylation is 1. The zero-order chi connectivity index (χ0) is 14.4. The first-order chi connectivity index (χ1) is 8.93. The smallest absolute Gasteiger partial charge is 0.321 e. The van der Waals surface area contributed by atoms with Crippen molar-refractivity contribution in [3.05, 3.63) is 27.3 Å². The maximum Gasteiger partial charge on any atom is 0.321 e. The summed E-state index contributed by atoms with van der Waals surface area (Å²) in [5, 5.41) is 7.85. The van der Waals surface area contributed by atoms with E-state index in [2.05, 4.69) is 38.5 Å². The monoisotopic (exact) mass is 375 g/mol. The molecule has 0 spiro atoms. The van der Waals surface area contributed by atoms with Crippen LogP contribution in [0.25, 0.3) is 0 Å². The zero-order valence-electron chi connectivity index (χ0n) is 11.2. The van der Waals surface area contributed by atoms with Crippen molar-refractivity contribution in [2.24, 2.45) is 0 Å². The van der Waals surface area contributed by atoms with Gasteiger partial charge < -0.3 is 10.6 Å². The van der Waals surface area contributed by atoms with Gasteiger partial charge in [-0.05, 0) is 61.1 Å². The summed E-state index contributed by atoms with van der Waals surface area (Å²) in [7, 11) is 0. The third-order valence-corrected chi connectivity index (χ3v) is 3.68. The molecule has 0 radical (unpaired) electrons. The van der Waals surface area contributed by atoms with Crippen LogP contribution in [0.4, 0.5) is 10.5 Å². The van der Waals surface area contributed by atoms with Crippen molar-refractivity contribution in [3.63, 3.8) is 0 Å². The Hall–Kier alpha value is -1.31. The molecule has 0 aliphatic rings. The third kappa shape index (κ3) is 5.06. The van der Waals surface area contributed by atoms with Crippen molar-refractivity contribution in [1.82, 2.24) is 10.6 Å². The first-order valence-corrected chi connectivity index (χ1v) is 7.13. The van der Waals surface area contributed by atoms with Gasteiger partial charge in [-0.2, -0.15) is 0 Å². The Morgan fingerprint density at radius 2 is 2.05 bits per heavy atom. The highest BCUT2D eigenvalue weighted by Gasteiger charge is 2.15. The van der Waals surface area contributed by atoms with Crippen molar-refractivity contribution < 1.29 is 9.59 Å². The van der Waals surface area contributed by atoms with Gasteiger partial charge >= 0.3 is 6.03 Å². The number of rotatable bonds is 4. The van der Waals surface area contributed by atoms with Crippen LogP contribution in [0.3, 0.4) is 0 Å². The van der Waals surface area contributed by atoms with E-state index >= 15 is 0 Å². The van der Waals surface area contributed by atoms with Crippen LogP contribution in [-0.4, -0.2) is 24.5 Å². The van der Waals surface area contributed by atoms with Crippen molar-refractivity contribution in [2.45, 2.75) is 26.8 Å². The van der Waals surface area contributed by atoms with Gasteiger partial charge in [0.2, 0.25) is 5.91 Å². The summed E-state index contributed by atoms with van der Waals surface area (Å²) in [6.07, 6.45) is 0. The lowest BCUT2D eigenvalue weighted by atomic mass is 10.2. The van der Waals surface area contributed by atoms with E-state index in [0.29, 0.717) is 6.54 Å². The summed E-state index contributed by atoms with van der Waals surface area (Å²) in [6.45, 7) is 6.01. The van der Waals surface area contributed by atoms with Gasteiger partial charge in [-0.25, -0.2) is 4.79 Å². The maximum absolute atomic E-state index is 11.7. The molecule has 0 unspecified atom stereocenters. The molecule has 1 atom stereocenters.